The van der Waals surface area contributed by atoms with Crippen molar-refractivity contribution >= 4 is 35.0 Å². The van der Waals surface area contributed by atoms with E-state index in [0.29, 0.717) is 32.0 Å². The van der Waals surface area contributed by atoms with Crippen LogP contribution >= 0.6 is 11.6 Å². The van der Waals surface area contributed by atoms with Crippen molar-refractivity contribution in [2.24, 2.45) is 0 Å². The zero-order valence-electron chi connectivity index (χ0n) is 17.6. The number of benzene rings is 1. The van der Waals surface area contributed by atoms with Crippen LogP contribution in [0.4, 0.5) is 35.3 Å². The highest BCUT2D eigenvalue weighted by Gasteiger charge is 2.33. The number of halogens is 4. The van der Waals surface area contributed by atoms with E-state index in [4.69, 9.17) is 11.6 Å². The zero-order chi connectivity index (χ0) is 22.9. The van der Waals surface area contributed by atoms with Crippen molar-refractivity contribution in [2.75, 3.05) is 54.4 Å². The van der Waals surface area contributed by atoms with Gasteiger partial charge in [0.25, 0.3) is 0 Å². The van der Waals surface area contributed by atoms with Crippen LogP contribution in [0.2, 0.25) is 5.02 Å². The van der Waals surface area contributed by atoms with Crippen LogP contribution < -0.4 is 15.1 Å². The molecule has 2 aliphatic heterocycles. The van der Waals surface area contributed by atoms with Gasteiger partial charge in [0.15, 0.2) is 0 Å². The third-order valence-electron chi connectivity index (χ3n) is 5.65. The van der Waals surface area contributed by atoms with E-state index in [2.05, 4.69) is 25.1 Å². The highest BCUT2D eigenvalue weighted by Crippen LogP contribution is 2.36. The van der Waals surface area contributed by atoms with Crippen LogP contribution in [0.15, 0.2) is 24.3 Å². The third-order valence-corrected chi connectivity index (χ3v) is 5.98. The van der Waals surface area contributed by atoms with E-state index in [1.54, 1.807) is 4.90 Å². The van der Waals surface area contributed by atoms with Gasteiger partial charge in [-0.25, -0.2) is 14.8 Å². The van der Waals surface area contributed by atoms with Gasteiger partial charge in [-0.3, -0.25) is 0 Å². The van der Waals surface area contributed by atoms with Gasteiger partial charge in [0.05, 0.1) is 10.6 Å². The summed E-state index contributed by atoms with van der Waals surface area (Å²) in [6.07, 6.45) is -2.28. The molecule has 7 nitrogen and oxygen atoms in total. The first-order chi connectivity index (χ1) is 15.2. The summed E-state index contributed by atoms with van der Waals surface area (Å²) < 4.78 is 39.2. The molecule has 0 unspecified atom stereocenters. The number of hydrogen-bond acceptors (Lipinski definition) is 5. The van der Waals surface area contributed by atoms with Crippen LogP contribution in [0, 0.1) is 6.92 Å². The lowest BCUT2D eigenvalue weighted by Gasteiger charge is -2.35. The summed E-state index contributed by atoms with van der Waals surface area (Å²) in [5.41, 5.74) is -0.925. The van der Waals surface area contributed by atoms with E-state index in [1.165, 1.54) is 6.07 Å². The predicted molar refractivity (Wildman–Crippen MR) is 117 cm³/mol. The molecular formula is C21H24ClF3N6O. The molecule has 2 amide bonds. The molecule has 2 aromatic rings. The van der Waals surface area contributed by atoms with Crippen LogP contribution in [0.1, 0.15) is 24.2 Å². The van der Waals surface area contributed by atoms with Gasteiger partial charge in [0.2, 0.25) is 0 Å². The number of aryl methyl sites for hydroxylation is 1. The van der Waals surface area contributed by atoms with Crippen molar-refractivity contribution in [3.8, 4) is 0 Å². The molecule has 4 rings (SSSR count). The fraction of sp³-hybridized carbons (Fsp3) is 0.476. The van der Waals surface area contributed by atoms with Crippen LogP contribution in [-0.4, -0.2) is 60.2 Å². The molecular weight excluding hydrogens is 445 g/mol. The first-order valence-corrected chi connectivity index (χ1v) is 10.9. The van der Waals surface area contributed by atoms with Gasteiger partial charge in [-0.2, -0.15) is 13.2 Å². The third kappa shape index (κ3) is 5.01. The number of nitrogens with zero attached hydrogens (tertiary/aromatic N) is 5. The number of amides is 2. The molecule has 1 aromatic heterocycles. The topological polar surface area (TPSA) is 64.6 Å². The maximum absolute atomic E-state index is 13.1. The number of rotatable bonds is 3. The Kier molecular flexibility index (Phi) is 6.32. The largest absolute Gasteiger partial charge is 0.417 e. The second kappa shape index (κ2) is 9.01. The average Bonchev–Trinajstić information content (AvgIpc) is 3.29. The molecule has 11 heteroatoms. The quantitative estimate of drug-likeness (QED) is 0.722. The highest BCUT2D eigenvalue weighted by molar-refractivity contribution is 6.31. The Morgan fingerprint density at radius 1 is 0.969 bits per heavy atom. The van der Waals surface area contributed by atoms with E-state index in [9.17, 15) is 18.0 Å². The molecule has 2 fully saturated rings. The number of aromatic nitrogens is 2. The number of anilines is 3. The van der Waals surface area contributed by atoms with Gasteiger partial charge in [-0.15, -0.1) is 0 Å². The first kappa shape index (κ1) is 22.4. The summed E-state index contributed by atoms with van der Waals surface area (Å²) >= 11 is 5.64. The Morgan fingerprint density at radius 2 is 1.56 bits per heavy atom. The Balaban J connectivity index is 1.38. The molecule has 172 valence electrons. The number of alkyl halides is 3. The molecule has 1 aromatic carbocycles. The molecule has 0 atom stereocenters. The van der Waals surface area contributed by atoms with E-state index < -0.39 is 22.8 Å². The van der Waals surface area contributed by atoms with Crippen molar-refractivity contribution in [3.05, 3.63) is 40.7 Å². The number of nitrogens with one attached hydrogen (secondary N) is 1. The highest BCUT2D eigenvalue weighted by atomic mass is 35.5. The summed E-state index contributed by atoms with van der Waals surface area (Å²) in [7, 11) is 0. The molecule has 2 saturated heterocycles. The van der Waals surface area contributed by atoms with Crippen LogP contribution in [0.5, 0.6) is 0 Å². The number of hydrogen-bond donors (Lipinski definition) is 1. The zero-order valence-corrected chi connectivity index (χ0v) is 18.4. The van der Waals surface area contributed by atoms with Gasteiger partial charge in [-0.1, -0.05) is 11.6 Å². The Hall–Kier alpha value is -2.75. The van der Waals surface area contributed by atoms with Gasteiger partial charge in [-0.05, 0) is 38.0 Å². The standard InChI is InChI=1S/C21H24ClF3N6O/c1-14-26-18(29-6-2-3-7-29)13-19(27-14)30-8-10-31(11-9-30)20(32)28-15-4-5-17(22)16(12-15)21(23,24)25/h4-5,12-13H,2-3,6-11H2,1H3,(H,28,32). The average molecular weight is 469 g/mol. The minimum absolute atomic E-state index is 0.0517. The summed E-state index contributed by atoms with van der Waals surface area (Å²) in [6, 6.07) is 4.88. The van der Waals surface area contributed by atoms with Crippen molar-refractivity contribution < 1.29 is 18.0 Å². The molecule has 0 bridgehead atoms. The summed E-state index contributed by atoms with van der Waals surface area (Å²) in [5, 5.41) is 2.13. The summed E-state index contributed by atoms with van der Waals surface area (Å²) in [6.45, 7) is 5.83. The van der Waals surface area contributed by atoms with E-state index in [-0.39, 0.29) is 5.69 Å². The minimum Gasteiger partial charge on any atom is -0.356 e. The SMILES string of the molecule is Cc1nc(N2CCCC2)cc(N2CCN(C(=O)Nc3ccc(Cl)c(C(F)(F)F)c3)CC2)n1. The maximum Gasteiger partial charge on any atom is 0.417 e. The van der Waals surface area contributed by atoms with Crippen molar-refractivity contribution in [3.63, 3.8) is 0 Å². The van der Waals surface area contributed by atoms with Gasteiger partial charge >= 0.3 is 12.2 Å². The predicted octanol–water partition coefficient (Wildman–Crippen LogP) is 4.41. The lowest BCUT2D eigenvalue weighted by molar-refractivity contribution is -0.137. The van der Waals surface area contributed by atoms with Gasteiger partial charge in [0, 0.05) is 51.0 Å². The van der Waals surface area contributed by atoms with Crippen LogP contribution in [-0.2, 0) is 6.18 Å². The second-order valence-corrected chi connectivity index (χ2v) is 8.33. The van der Waals surface area contributed by atoms with Gasteiger partial charge in [0.1, 0.15) is 17.5 Å². The van der Waals surface area contributed by atoms with Crippen molar-refractivity contribution in [1.29, 1.82) is 0 Å². The Morgan fingerprint density at radius 3 is 2.16 bits per heavy atom. The van der Waals surface area contributed by atoms with Crippen LogP contribution in [0.3, 0.4) is 0 Å². The lowest BCUT2D eigenvalue weighted by Crippen LogP contribution is -2.50. The Bertz CT molecular complexity index is 988. The lowest BCUT2D eigenvalue weighted by atomic mass is 10.2. The molecule has 2 aliphatic rings. The first-order valence-electron chi connectivity index (χ1n) is 10.5. The monoisotopic (exact) mass is 468 g/mol. The van der Waals surface area contributed by atoms with Crippen LogP contribution in [0.25, 0.3) is 0 Å². The molecule has 32 heavy (non-hydrogen) atoms. The second-order valence-electron chi connectivity index (χ2n) is 7.92. The van der Waals surface area contributed by atoms with Crippen molar-refractivity contribution in [2.45, 2.75) is 25.9 Å². The number of urea groups is 1. The van der Waals surface area contributed by atoms with Crippen molar-refractivity contribution in [1.82, 2.24) is 14.9 Å². The number of carbonyl (C=O) groups is 1. The molecule has 0 saturated carbocycles. The fourth-order valence-electron chi connectivity index (χ4n) is 3.97. The fourth-order valence-corrected chi connectivity index (χ4v) is 4.19. The molecule has 0 radical (unpaired) electrons. The Labute approximate surface area is 189 Å². The number of carbonyl (C=O) groups excluding carboxylic acids is 1. The summed E-state index contributed by atoms with van der Waals surface area (Å²) in [4.78, 5) is 27.6. The minimum atomic E-state index is -4.59. The maximum atomic E-state index is 13.1. The molecule has 0 spiro atoms. The van der Waals surface area contributed by atoms with E-state index in [0.717, 1.165) is 49.7 Å². The molecule has 0 aliphatic carbocycles. The van der Waals surface area contributed by atoms with Gasteiger partial charge < -0.3 is 20.0 Å². The van der Waals surface area contributed by atoms with E-state index >= 15 is 0 Å². The molecule has 1 N–H and O–H groups in total. The normalized spacial score (nSPS) is 17.1. The smallest absolute Gasteiger partial charge is 0.356 e. The summed E-state index contributed by atoms with van der Waals surface area (Å²) in [5.74, 6) is 2.45. The molecule has 3 heterocycles. The van der Waals surface area contributed by atoms with E-state index in [1.807, 2.05) is 13.0 Å². The number of piperazine rings is 1.